The van der Waals surface area contributed by atoms with Gasteiger partial charge in [-0.2, -0.15) is 0 Å². The minimum atomic E-state index is -1.03. The number of fused-ring (bicyclic) bond motifs is 6. The number of nitrogens with zero attached hydrogens (tertiary/aromatic N) is 5. The van der Waals surface area contributed by atoms with Crippen LogP contribution >= 0.6 is 15.9 Å². The van der Waals surface area contributed by atoms with Crippen LogP contribution in [0.25, 0.3) is 21.7 Å². The Kier molecular flexibility index (Phi) is 17.7. The third kappa shape index (κ3) is 12.5. The van der Waals surface area contributed by atoms with Gasteiger partial charge in [-0.05, 0) is 73.4 Å². The Bertz CT molecular complexity index is 2930. The summed E-state index contributed by atoms with van der Waals surface area (Å²) in [6, 6.07) is 12.4. The number of hydrogen-bond acceptors (Lipinski definition) is 12. The second kappa shape index (κ2) is 24.5. The summed E-state index contributed by atoms with van der Waals surface area (Å²) in [6.07, 6.45) is 3.24. The van der Waals surface area contributed by atoms with Crippen molar-refractivity contribution in [2.24, 2.45) is 11.7 Å². The SMILES string of the molecule is CC(C)[C@H](NCC(=O)NCCNC(=O)CCCN1C(=O)C=CC1=O)C(=O)N[C@@H](CCCNC(N)=O)C(=O)N1CCc2c1ccc1[nH]c(C(=O)N3CC(CBr)c4c3cc(OC(=O)N3CCN(C)CC3)c3ccccc43)cc21. The Balaban J connectivity index is 0.921. The highest BCUT2D eigenvalue weighted by Gasteiger charge is 2.38. The first-order chi connectivity index (χ1) is 36.5. The molecule has 0 saturated carbocycles. The van der Waals surface area contributed by atoms with E-state index in [-0.39, 0.29) is 75.1 Å². The van der Waals surface area contributed by atoms with Gasteiger partial charge < -0.3 is 56.3 Å². The molecule has 1 unspecified atom stereocenters. The zero-order chi connectivity index (χ0) is 54.2. The van der Waals surface area contributed by atoms with E-state index >= 15 is 0 Å². The lowest BCUT2D eigenvalue weighted by Crippen LogP contribution is -2.56. The number of amides is 10. The molecular weight excluding hydrogens is 1040 g/mol. The number of halogens is 1. The topological polar surface area (TPSA) is 281 Å². The summed E-state index contributed by atoms with van der Waals surface area (Å²) in [6.45, 7) is 7.15. The van der Waals surface area contributed by atoms with E-state index in [0.717, 1.165) is 45.3 Å². The van der Waals surface area contributed by atoms with Crippen LogP contribution in [0.3, 0.4) is 0 Å². The van der Waals surface area contributed by atoms with E-state index in [9.17, 15) is 43.2 Å². The molecule has 8 rings (SSSR count). The van der Waals surface area contributed by atoms with Gasteiger partial charge in [0.2, 0.25) is 23.6 Å². The second-order valence-corrected chi connectivity index (χ2v) is 20.4. The molecule has 1 aromatic heterocycles. The van der Waals surface area contributed by atoms with Crippen molar-refractivity contribution in [2.45, 2.75) is 64.0 Å². The lowest BCUT2D eigenvalue weighted by Gasteiger charge is -2.31. The van der Waals surface area contributed by atoms with Gasteiger partial charge in [0.05, 0.1) is 18.3 Å². The van der Waals surface area contributed by atoms with E-state index < -0.39 is 47.8 Å². The number of H-pyrrole nitrogens is 1. The number of rotatable bonds is 21. The molecular formula is C53H65BrN12O10. The number of aromatic nitrogens is 1. The fourth-order valence-corrected chi connectivity index (χ4v) is 10.8. The molecule has 4 aliphatic heterocycles. The molecule has 76 heavy (non-hydrogen) atoms. The van der Waals surface area contributed by atoms with Crippen molar-refractivity contribution in [2.75, 3.05) is 94.2 Å². The summed E-state index contributed by atoms with van der Waals surface area (Å²) in [5, 5.41) is 16.9. The largest absolute Gasteiger partial charge is 0.415 e. The maximum atomic E-state index is 14.7. The number of urea groups is 1. The van der Waals surface area contributed by atoms with Crippen molar-refractivity contribution in [3.05, 3.63) is 77.5 Å². The fraction of sp³-hybridized carbons (Fsp3) is 0.453. The average Bonchev–Trinajstić information content (AvgIpc) is 4.22. The third-order valence-corrected chi connectivity index (χ3v) is 15.0. The molecule has 23 heteroatoms. The van der Waals surface area contributed by atoms with E-state index in [0.29, 0.717) is 79.1 Å². The number of aromatic amines is 1. The maximum Gasteiger partial charge on any atom is 0.415 e. The molecule has 3 atom stereocenters. The second-order valence-electron chi connectivity index (χ2n) is 19.8. The first-order valence-electron chi connectivity index (χ1n) is 25.7. The number of anilines is 2. The van der Waals surface area contributed by atoms with Gasteiger partial charge in [0.15, 0.2) is 0 Å². The minimum Gasteiger partial charge on any atom is -0.409 e. The number of nitrogens with one attached hydrogen (secondary N) is 6. The number of piperazine rings is 1. The van der Waals surface area contributed by atoms with Crippen LogP contribution in [0.4, 0.5) is 21.0 Å². The van der Waals surface area contributed by atoms with Crippen LogP contribution in [0.2, 0.25) is 0 Å². The zero-order valence-corrected chi connectivity index (χ0v) is 44.5. The fourth-order valence-electron chi connectivity index (χ4n) is 10.2. The van der Waals surface area contributed by atoms with Crippen molar-refractivity contribution < 1.29 is 47.9 Å². The van der Waals surface area contributed by atoms with Crippen molar-refractivity contribution in [1.29, 1.82) is 0 Å². The molecule has 1 fully saturated rings. The summed E-state index contributed by atoms with van der Waals surface area (Å²) in [4.78, 5) is 128. The van der Waals surface area contributed by atoms with Crippen LogP contribution in [0.15, 0.2) is 60.7 Å². The van der Waals surface area contributed by atoms with E-state index in [1.54, 1.807) is 34.6 Å². The average molecular weight is 1110 g/mol. The Morgan fingerprint density at radius 2 is 1.53 bits per heavy atom. The molecule has 0 aliphatic carbocycles. The van der Waals surface area contributed by atoms with Crippen LogP contribution in [-0.2, 0) is 35.2 Å². The van der Waals surface area contributed by atoms with Crippen LogP contribution in [0.5, 0.6) is 5.75 Å². The quantitative estimate of drug-likeness (QED) is 0.0360. The number of hydrogen-bond donors (Lipinski definition) is 7. The van der Waals surface area contributed by atoms with Gasteiger partial charge in [0.1, 0.15) is 17.5 Å². The number of nitrogens with two attached hydrogens (primary N) is 1. The smallest absolute Gasteiger partial charge is 0.409 e. The highest BCUT2D eigenvalue weighted by Crippen LogP contribution is 2.46. The number of benzene rings is 3. The number of alkyl halides is 1. The molecule has 8 N–H and O–H groups in total. The Hall–Kier alpha value is -7.37. The molecule has 404 valence electrons. The first-order valence-corrected chi connectivity index (χ1v) is 26.8. The van der Waals surface area contributed by atoms with Gasteiger partial charge in [-0.25, -0.2) is 9.59 Å². The normalized spacial score (nSPS) is 17.0. The molecule has 0 bridgehead atoms. The van der Waals surface area contributed by atoms with Gasteiger partial charge in [-0.15, -0.1) is 0 Å². The van der Waals surface area contributed by atoms with E-state index in [1.807, 2.05) is 49.5 Å². The minimum absolute atomic E-state index is 0.0464. The van der Waals surface area contributed by atoms with Crippen LogP contribution < -0.4 is 46.9 Å². The standard InChI is InChI=1S/C53H65BrN12O10/c1-31(2)48(59-29-44(68)57-19-18-56-43(67)11-7-20-65-45(69)14-15-46(65)70)49(71)61-38(10-6-17-58-52(55)74)50(72)64-21-16-33-36-26-39(60-37(36)12-13-40(33)64)51(73)66-30-32(28-54)47-35-9-5-4-8-34(35)42(27-41(47)66)76-53(75)63-24-22-62(3)23-25-63/h4-5,8-9,12-15,26-27,31-32,38,48,59-60H,6-7,10-11,16-25,28-30H2,1-3H3,(H,56,67)(H,57,68)(H,61,71)(H3,55,58,74)/t32?,38-,48-/m0/s1. The summed E-state index contributed by atoms with van der Waals surface area (Å²) in [7, 11) is 2.02. The van der Waals surface area contributed by atoms with Gasteiger partial charge in [-0.1, -0.05) is 54.0 Å². The van der Waals surface area contributed by atoms with Gasteiger partial charge >= 0.3 is 12.1 Å². The number of imide groups is 1. The van der Waals surface area contributed by atoms with Crippen LogP contribution in [0.1, 0.15) is 67.1 Å². The highest BCUT2D eigenvalue weighted by molar-refractivity contribution is 9.09. The maximum absolute atomic E-state index is 14.7. The van der Waals surface area contributed by atoms with Crippen LogP contribution in [0, 0.1) is 5.92 Å². The van der Waals surface area contributed by atoms with Gasteiger partial charge in [-0.3, -0.25) is 43.8 Å². The molecule has 4 aliphatic rings. The molecule has 4 aromatic rings. The summed E-state index contributed by atoms with van der Waals surface area (Å²) in [5.41, 5.74) is 9.48. The summed E-state index contributed by atoms with van der Waals surface area (Å²) >= 11 is 3.70. The molecule has 0 radical (unpaired) electrons. The Morgan fingerprint density at radius 1 is 0.816 bits per heavy atom. The molecule has 1 saturated heterocycles. The number of primary amides is 1. The van der Waals surface area contributed by atoms with Gasteiger partial charge in [0, 0.05) is 123 Å². The molecule has 10 amide bonds. The summed E-state index contributed by atoms with van der Waals surface area (Å²) in [5.74, 6) is -2.69. The number of carbonyl (C=O) groups is 9. The Labute approximate surface area is 447 Å². The number of carbonyl (C=O) groups excluding carboxylic acids is 9. The first kappa shape index (κ1) is 54.9. The molecule has 0 spiro atoms. The Morgan fingerprint density at radius 3 is 2.22 bits per heavy atom. The van der Waals surface area contributed by atoms with E-state index in [2.05, 4.69) is 52.4 Å². The predicted octanol–water partition coefficient (Wildman–Crippen LogP) is 2.58. The van der Waals surface area contributed by atoms with Crippen molar-refractivity contribution >= 4 is 102 Å². The number of likely N-dealkylation sites (N-methyl/N-ethyl adjacent to an activating group) is 1. The van der Waals surface area contributed by atoms with E-state index in [4.69, 9.17) is 10.5 Å². The summed E-state index contributed by atoms with van der Waals surface area (Å²) < 4.78 is 6.11. The lowest BCUT2D eigenvalue weighted by atomic mass is 9.95. The molecule has 5 heterocycles. The lowest BCUT2D eigenvalue weighted by molar-refractivity contribution is -0.137. The molecule has 3 aromatic carbocycles. The van der Waals surface area contributed by atoms with Crippen molar-refractivity contribution in [1.82, 2.24) is 46.3 Å². The van der Waals surface area contributed by atoms with Gasteiger partial charge in [0.25, 0.3) is 17.7 Å². The molecule has 22 nitrogen and oxygen atoms in total. The van der Waals surface area contributed by atoms with Crippen molar-refractivity contribution in [3.63, 3.8) is 0 Å². The third-order valence-electron chi connectivity index (χ3n) is 14.3. The monoisotopic (exact) mass is 1110 g/mol. The van der Waals surface area contributed by atoms with Crippen molar-refractivity contribution in [3.8, 4) is 5.75 Å². The number of ether oxygens (including phenoxy) is 1. The van der Waals surface area contributed by atoms with E-state index in [1.165, 1.54) is 12.2 Å². The zero-order valence-electron chi connectivity index (χ0n) is 42.9. The van der Waals surface area contributed by atoms with Crippen LogP contribution in [-0.4, -0.2) is 170 Å². The predicted molar refractivity (Wildman–Crippen MR) is 288 cm³/mol. The highest BCUT2D eigenvalue weighted by atomic mass is 79.9.